The molecule has 2 aliphatic rings. The number of allylic oxidation sites excluding steroid dienone is 1. The number of nitrogens with two attached hydrogens (primary N) is 1. The lowest BCUT2D eigenvalue weighted by molar-refractivity contribution is 0.120. The van der Waals surface area contributed by atoms with E-state index in [9.17, 15) is 10.5 Å². The Kier molecular flexibility index (Phi) is 5.86. The lowest BCUT2D eigenvalue weighted by Gasteiger charge is -2.26. The van der Waals surface area contributed by atoms with Crippen LogP contribution < -0.4 is 15.6 Å². The van der Waals surface area contributed by atoms with Crippen LogP contribution >= 0.6 is 15.9 Å². The molecule has 4 rings (SSSR count). The zero-order chi connectivity index (χ0) is 21.1. The maximum Gasteiger partial charge on any atom is 0.210 e. The number of para-hydroxylation sites is 1. The molecule has 3 heterocycles. The summed E-state index contributed by atoms with van der Waals surface area (Å²) in [6.45, 7) is 2.72. The van der Waals surface area contributed by atoms with Crippen molar-refractivity contribution in [3.63, 3.8) is 0 Å². The van der Waals surface area contributed by atoms with Crippen molar-refractivity contribution in [2.24, 2.45) is 16.8 Å². The Morgan fingerprint density at radius 1 is 1.23 bits per heavy atom. The first-order valence-corrected chi connectivity index (χ1v) is 10.2. The van der Waals surface area contributed by atoms with Crippen LogP contribution in [0.1, 0.15) is 5.76 Å². The van der Waals surface area contributed by atoms with Crippen LogP contribution in [0.2, 0.25) is 0 Å². The van der Waals surface area contributed by atoms with Crippen LogP contribution in [0.4, 0.5) is 11.6 Å². The molecule has 152 valence electrons. The molecular formula is C21H19BrN6O2. The number of morpholine rings is 1. The molecule has 2 atom stereocenters. The molecule has 0 saturated carbocycles. The lowest BCUT2D eigenvalue weighted by Crippen LogP contribution is -2.40. The first-order valence-electron chi connectivity index (χ1n) is 9.44. The maximum atomic E-state index is 9.78. The van der Waals surface area contributed by atoms with Gasteiger partial charge in [0, 0.05) is 25.2 Å². The highest BCUT2D eigenvalue weighted by molar-refractivity contribution is 9.10. The van der Waals surface area contributed by atoms with E-state index in [1.54, 1.807) is 17.2 Å². The predicted molar refractivity (Wildman–Crippen MR) is 116 cm³/mol. The van der Waals surface area contributed by atoms with Gasteiger partial charge >= 0.3 is 0 Å². The molecule has 0 spiro atoms. The zero-order valence-corrected chi connectivity index (χ0v) is 17.6. The van der Waals surface area contributed by atoms with E-state index in [1.165, 1.54) is 0 Å². The third-order valence-electron chi connectivity index (χ3n) is 4.96. The summed E-state index contributed by atoms with van der Waals surface area (Å²) < 4.78 is 12.1. The number of hydrogen-bond donors (Lipinski definition) is 1. The smallest absolute Gasteiger partial charge is 0.210 e. The monoisotopic (exact) mass is 466 g/mol. The van der Waals surface area contributed by atoms with E-state index < -0.39 is 12.1 Å². The maximum absolute atomic E-state index is 9.78. The Balaban J connectivity index is 1.67. The van der Waals surface area contributed by atoms with Gasteiger partial charge in [-0.2, -0.15) is 15.6 Å². The highest BCUT2D eigenvalue weighted by atomic mass is 79.9. The largest absolute Gasteiger partial charge is 0.440 e. The van der Waals surface area contributed by atoms with Gasteiger partial charge in [0.05, 0.1) is 40.7 Å². The van der Waals surface area contributed by atoms with Crippen LogP contribution in [0, 0.1) is 28.6 Å². The number of nitriles is 2. The lowest BCUT2D eigenvalue weighted by atomic mass is 9.96. The average molecular weight is 467 g/mol. The summed E-state index contributed by atoms with van der Waals surface area (Å²) in [6, 6.07) is 15.5. The summed E-state index contributed by atoms with van der Waals surface area (Å²) in [6.07, 6.45) is 0.912. The van der Waals surface area contributed by atoms with Gasteiger partial charge in [-0.25, -0.2) is 5.01 Å². The van der Waals surface area contributed by atoms with Gasteiger partial charge in [0.15, 0.2) is 0 Å². The molecule has 0 amide bonds. The Morgan fingerprint density at radius 2 is 1.97 bits per heavy atom. The number of benzene rings is 1. The molecular weight excluding hydrogens is 448 g/mol. The molecule has 2 aromatic rings. The molecule has 0 aliphatic carbocycles. The standard InChI is InChI=1S/C21H19BrN6O2/c22-18-11-16(30-21(18)27-6-8-29-9-7-27)10-14(12-23)19-17(13-24)20(25)28(26-19)15-4-2-1-3-5-15/h1-5,10-11,17,20H,6-9,25H2/b14-10-/t17-,20-/m1/s1. The molecule has 8 nitrogen and oxygen atoms in total. The minimum Gasteiger partial charge on any atom is -0.440 e. The van der Waals surface area contributed by atoms with Crippen LogP contribution in [-0.2, 0) is 4.74 Å². The normalized spacial score (nSPS) is 21.9. The Hall–Kier alpha value is -3.11. The fraction of sp³-hybridized carbons (Fsp3) is 0.286. The van der Waals surface area contributed by atoms with Gasteiger partial charge in [0.25, 0.3) is 0 Å². The van der Waals surface area contributed by atoms with Crippen LogP contribution in [0.15, 0.2) is 56.0 Å². The number of ether oxygens (including phenoxy) is 1. The third-order valence-corrected chi connectivity index (χ3v) is 5.53. The molecule has 9 heteroatoms. The van der Waals surface area contributed by atoms with E-state index >= 15 is 0 Å². The summed E-state index contributed by atoms with van der Waals surface area (Å²) in [5.41, 5.74) is 7.60. The van der Waals surface area contributed by atoms with Crippen LogP contribution in [0.3, 0.4) is 0 Å². The second-order valence-corrected chi connectivity index (χ2v) is 7.69. The zero-order valence-electron chi connectivity index (χ0n) is 16.0. The van der Waals surface area contributed by atoms with Gasteiger partial charge in [-0.1, -0.05) is 18.2 Å². The number of nitrogens with zero attached hydrogens (tertiary/aromatic N) is 5. The number of rotatable bonds is 4. The molecule has 2 aliphatic heterocycles. The molecule has 0 unspecified atom stereocenters. The van der Waals surface area contributed by atoms with E-state index in [0.29, 0.717) is 30.6 Å². The van der Waals surface area contributed by atoms with Crippen molar-refractivity contribution in [3.8, 4) is 12.1 Å². The number of hydrazone groups is 1. The van der Waals surface area contributed by atoms with E-state index in [0.717, 1.165) is 23.2 Å². The minimum absolute atomic E-state index is 0.241. The second kappa shape index (κ2) is 8.72. The van der Waals surface area contributed by atoms with Gasteiger partial charge in [-0.3, -0.25) is 0 Å². The van der Waals surface area contributed by atoms with Gasteiger partial charge in [-0.15, -0.1) is 0 Å². The predicted octanol–water partition coefficient (Wildman–Crippen LogP) is 3.09. The van der Waals surface area contributed by atoms with Crippen molar-refractivity contribution in [2.75, 3.05) is 36.2 Å². The Morgan fingerprint density at radius 3 is 2.63 bits per heavy atom. The molecule has 1 aromatic heterocycles. The van der Waals surface area contributed by atoms with Crippen LogP contribution in [0.5, 0.6) is 0 Å². The number of furan rings is 1. The van der Waals surface area contributed by atoms with Crippen LogP contribution in [0.25, 0.3) is 6.08 Å². The highest BCUT2D eigenvalue weighted by Crippen LogP contribution is 2.33. The van der Waals surface area contributed by atoms with Crippen molar-refractivity contribution in [1.29, 1.82) is 10.5 Å². The van der Waals surface area contributed by atoms with Crippen molar-refractivity contribution < 1.29 is 9.15 Å². The van der Waals surface area contributed by atoms with Gasteiger partial charge in [-0.05, 0) is 28.1 Å². The minimum atomic E-state index is -0.742. The molecule has 0 bridgehead atoms. The first kappa shape index (κ1) is 20.2. The summed E-state index contributed by atoms with van der Waals surface area (Å²) in [5, 5.41) is 25.5. The van der Waals surface area contributed by atoms with Crippen molar-refractivity contribution in [3.05, 3.63) is 52.2 Å². The summed E-state index contributed by atoms with van der Waals surface area (Å²) in [5.74, 6) is 0.439. The average Bonchev–Trinajstić information content (AvgIpc) is 3.32. The van der Waals surface area contributed by atoms with E-state index in [4.69, 9.17) is 14.9 Å². The number of hydrogen-bond acceptors (Lipinski definition) is 8. The fourth-order valence-corrected chi connectivity index (χ4v) is 4.01. The van der Waals surface area contributed by atoms with Crippen molar-refractivity contribution in [1.82, 2.24) is 0 Å². The Labute approximate surface area is 182 Å². The summed E-state index contributed by atoms with van der Waals surface area (Å²) >= 11 is 3.52. The first-order chi connectivity index (χ1) is 14.6. The van der Waals surface area contributed by atoms with E-state index in [2.05, 4.69) is 38.1 Å². The molecule has 0 radical (unpaired) electrons. The number of anilines is 2. The van der Waals surface area contributed by atoms with Gasteiger partial charge in [0.1, 0.15) is 23.9 Å². The molecule has 1 aromatic carbocycles. The van der Waals surface area contributed by atoms with Gasteiger partial charge < -0.3 is 19.8 Å². The van der Waals surface area contributed by atoms with Crippen LogP contribution in [-0.4, -0.2) is 38.2 Å². The highest BCUT2D eigenvalue weighted by Gasteiger charge is 2.37. The summed E-state index contributed by atoms with van der Waals surface area (Å²) in [7, 11) is 0. The third kappa shape index (κ3) is 3.83. The topological polar surface area (TPSA) is 115 Å². The molecule has 1 fully saturated rings. The SMILES string of the molecule is N#C/C(=C/c1cc(Br)c(N2CCOCC2)o1)C1=NN(c2ccccc2)[C@@H](N)[C@@H]1C#N. The molecule has 30 heavy (non-hydrogen) atoms. The quantitative estimate of drug-likeness (QED) is 0.688. The van der Waals surface area contributed by atoms with Gasteiger partial charge in [0.2, 0.25) is 5.88 Å². The molecule has 2 N–H and O–H groups in total. The van der Waals surface area contributed by atoms with Crippen molar-refractivity contribution in [2.45, 2.75) is 6.17 Å². The fourth-order valence-electron chi connectivity index (χ4n) is 3.45. The second-order valence-electron chi connectivity index (χ2n) is 6.83. The Bertz CT molecular complexity index is 1060. The number of halogens is 1. The molecule has 1 saturated heterocycles. The van der Waals surface area contributed by atoms with E-state index in [-0.39, 0.29) is 5.57 Å². The van der Waals surface area contributed by atoms with Crippen molar-refractivity contribution >= 4 is 39.3 Å². The van der Waals surface area contributed by atoms with E-state index in [1.807, 2.05) is 30.3 Å². The summed E-state index contributed by atoms with van der Waals surface area (Å²) in [4.78, 5) is 2.08.